The molecule has 7 nitrogen and oxygen atoms in total. The van der Waals surface area contributed by atoms with Crippen LogP contribution in [0.15, 0.2) is 72.8 Å². The molecule has 0 aromatic heterocycles. The summed E-state index contributed by atoms with van der Waals surface area (Å²) in [4.78, 5) is 37.8. The minimum atomic E-state index is -0.459. The number of carbonyl (C=O) groups is 3. The van der Waals surface area contributed by atoms with Crippen molar-refractivity contribution >= 4 is 35.2 Å². The molecule has 2 fully saturated rings. The lowest BCUT2D eigenvalue weighted by Crippen LogP contribution is -2.45. The number of aryl methyl sites for hydroxylation is 2. The smallest absolute Gasteiger partial charge is 0.344 e. The molecule has 0 radical (unpaired) electrons. The van der Waals surface area contributed by atoms with E-state index in [0.717, 1.165) is 56.2 Å². The fraction of sp³-hybridized carbons (Fsp3) is 0.462. The molecule has 3 aliphatic carbocycles. The van der Waals surface area contributed by atoms with Gasteiger partial charge in [-0.15, -0.1) is 11.6 Å². The molecule has 3 aromatic carbocycles. The molecular weight excluding hydrogens is 614 g/mol. The van der Waals surface area contributed by atoms with Crippen molar-refractivity contribution in [1.82, 2.24) is 0 Å². The van der Waals surface area contributed by atoms with E-state index in [1.54, 1.807) is 12.1 Å². The molecule has 0 aliphatic heterocycles. The summed E-state index contributed by atoms with van der Waals surface area (Å²) in [5.41, 5.74) is 5.25. The second-order valence-electron chi connectivity index (χ2n) is 13.5. The summed E-state index contributed by atoms with van der Waals surface area (Å²) in [5, 5.41) is 3.23. The molecule has 0 unspecified atom stereocenters. The Bertz CT molecular complexity index is 1560. The quantitative estimate of drug-likeness (QED) is 0.120. The summed E-state index contributed by atoms with van der Waals surface area (Å²) in [7, 11) is 0. The number of rotatable bonds is 12. The topological polar surface area (TPSA) is 90.9 Å². The predicted octanol–water partition coefficient (Wildman–Crippen LogP) is 7.89. The fourth-order valence-electron chi connectivity index (χ4n) is 8.33. The Morgan fingerprint density at radius 1 is 0.936 bits per heavy atom. The molecule has 8 heteroatoms. The molecule has 0 spiro atoms. The fourth-order valence-corrected chi connectivity index (χ4v) is 8.42. The van der Waals surface area contributed by atoms with E-state index in [4.69, 9.17) is 25.8 Å². The molecule has 3 aliphatic rings. The summed E-state index contributed by atoms with van der Waals surface area (Å²) < 4.78 is 17.0. The van der Waals surface area contributed by atoms with Crippen LogP contribution in [-0.2, 0) is 31.9 Å². The third kappa shape index (κ3) is 7.67. The molecule has 5 atom stereocenters. The van der Waals surface area contributed by atoms with Crippen molar-refractivity contribution in [3.63, 3.8) is 0 Å². The maximum atomic E-state index is 12.8. The molecular formula is C39H44ClNO6. The number of alkyl halides is 1. The average molecular weight is 658 g/mol. The summed E-state index contributed by atoms with van der Waals surface area (Å²) in [6, 6.07) is 23.3. The highest BCUT2D eigenvalue weighted by Crippen LogP contribution is 2.61. The number of hydrogen-bond donors (Lipinski definition) is 1. The van der Waals surface area contributed by atoms with Crippen LogP contribution in [0.25, 0.3) is 0 Å². The van der Waals surface area contributed by atoms with Gasteiger partial charge >= 0.3 is 17.9 Å². The lowest BCUT2D eigenvalue weighted by atomic mass is 9.55. The number of esters is 3. The number of ether oxygens (including phenoxy) is 3. The summed E-state index contributed by atoms with van der Waals surface area (Å²) in [6.07, 6.45) is 7.38. The zero-order valence-corrected chi connectivity index (χ0v) is 27.8. The number of fused-ring (bicyclic) bond motifs is 5. The zero-order chi connectivity index (χ0) is 32.8. The highest BCUT2D eigenvalue weighted by atomic mass is 35.5. The number of benzene rings is 3. The third-order valence-corrected chi connectivity index (χ3v) is 10.9. The van der Waals surface area contributed by atoms with Crippen molar-refractivity contribution in [2.24, 2.45) is 17.3 Å². The van der Waals surface area contributed by atoms with Gasteiger partial charge in [-0.25, -0.2) is 9.59 Å². The van der Waals surface area contributed by atoms with Crippen LogP contribution < -0.4 is 10.1 Å². The van der Waals surface area contributed by atoms with E-state index in [-0.39, 0.29) is 36.5 Å². The lowest BCUT2D eigenvalue weighted by molar-refractivity contribution is -0.168. The first-order chi connectivity index (χ1) is 22.8. The van der Waals surface area contributed by atoms with Crippen molar-refractivity contribution in [2.75, 3.05) is 24.3 Å². The standard InChI is InChI=1S/C39H44ClNO6/c1-39-21-20-32-31-17-15-30(46-38(44)27-7-3-2-4-8-27)24-28(31)12-16-33(32)34(39)18-19-35(39)47-37(43)25-45-36(42)9-5-6-26-10-13-29(14-11-26)41-23-22-40/h2-4,7-8,10-11,13-15,17,24,32-35,41H,5-6,9,12,16,18-23,25H2,1H3/t32-,33-,34+,35+,39+/m1/s1. The first kappa shape index (κ1) is 33.1. The van der Waals surface area contributed by atoms with E-state index in [0.29, 0.717) is 47.9 Å². The van der Waals surface area contributed by atoms with Crippen LogP contribution in [-0.4, -0.2) is 43.0 Å². The van der Waals surface area contributed by atoms with Crippen LogP contribution in [0, 0.1) is 17.3 Å². The summed E-state index contributed by atoms with van der Waals surface area (Å²) in [5.74, 6) is 1.41. The Kier molecular flexibility index (Phi) is 10.5. The van der Waals surface area contributed by atoms with Crippen LogP contribution >= 0.6 is 11.6 Å². The maximum absolute atomic E-state index is 12.8. The van der Waals surface area contributed by atoms with E-state index < -0.39 is 5.97 Å². The molecule has 0 heterocycles. The number of anilines is 1. The number of halogens is 1. The van der Waals surface area contributed by atoms with E-state index in [9.17, 15) is 14.4 Å². The van der Waals surface area contributed by atoms with E-state index in [1.807, 2.05) is 54.6 Å². The average Bonchev–Trinajstić information content (AvgIpc) is 3.42. The molecule has 2 saturated carbocycles. The van der Waals surface area contributed by atoms with Crippen molar-refractivity contribution in [3.05, 3.63) is 95.1 Å². The predicted molar refractivity (Wildman–Crippen MR) is 182 cm³/mol. The van der Waals surface area contributed by atoms with Crippen LogP contribution in [0.1, 0.15) is 84.8 Å². The first-order valence-electron chi connectivity index (χ1n) is 17.0. The van der Waals surface area contributed by atoms with Gasteiger partial charge in [0.05, 0.1) is 5.56 Å². The second kappa shape index (κ2) is 14.9. The van der Waals surface area contributed by atoms with Gasteiger partial charge in [0.25, 0.3) is 0 Å². The highest BCUT2D eigenvalue weighted by molar-refractivity contribution is 6.18. The van der Waals surface area contributed by atoms with Gasteiger partial charge in [0.1, 0.15) is 11.9 Å². The van der Waals surface area contributed by atoms with Gasteiger partial charge in [0.2, 0.25) is 0 Å². The number of nitrogens with one attached hydrogen (secondary N) is 1. The Morgan fingerprint density at radius 3 is 2.53 bits per heavy atom. The van der Waals surface area contributed by atoms with Gasteiger partial charge in [0, 0.05) is 29.9 Å². The maximum Gasteiger partial charge on any atom is 0.344 e. The molecule has 3 aromatic rings. The van der Waals surface area contributed by atoms with Gasteiger partial charge in [-0.1, -0.05) is 43.3 Å². The molecule has 47 heavy (non-hydrogen) atoms. The molecule has 0 amide bonds. The molecule has 0 bridgehead atoms. The lowest BCUT2D eigenvalue weighted by Gasteiger charge is -2.50. The molecule has 6 rings (SSSR count). The molecule has 1 N–H and O–H groups in total. The number of hydrogen-bond acceptors (Lipinski definition) is 7. The zero-order valence-electron chi connectivity index (χ0n) is 27.1. The van der Waals surface area contributed by atoms with Crippen molar-refractivity contribution in [3.8, 4) is 5.75 Å². The minimum absolute atomic E-state index is 0.0848. The van der Waals surface area contributed by atoms with Gasteiger partial charge in [-0.2, -0.15) is 0 Å². The Hall–Kier alpha value is -3.84. The first-order valence-corrected chi connectivity index (χ1v) is 17.5. The van der Waals surface area contributed by atoms with Crippen molar-refractivity contribution < 1.29 is 28.6 Å². The van der Waals surface area contributed by atoms with E-state index in [2.05, 4.69) is 18.3 Å². The molecule has 0 saturated heterocycles. The van der Waals surface area contributed by atoms with Gasteiger partial charge < -0.3 is 19.5 Å². The van der Waals surface area contributed by atoms with Crippen LogP contribution in [0.4, 0.5) is 5.69 Å². The largest absolute Gasteiger partial charge is 0.459 e. The number of carbonyl (C=O) groups excluding carboxylic acids is 3. The minimum Gasteiger partial charge on any atom is -0.459 e. The molecule has 248 valence electrons. The van der Waals surface area contributed by atoms with Gasteiger partial charge in [-0.3, -0.25) is 4.79 Å². The third-order valence-electron chi connectivity index (χ3n) is 10.7. The van der Waals surface area contributed by atoms with Crippen molar-refractivity contribution in [2.45, 2.75) is 76.7 Å². The monoisotopic (exact) mass is 657 g/mol. The Morgan fingerprint density at radius 2 is 1.74 bits per heavy atom. The Labute approximate surface area is 282 Å². The summed E-state index contributed by atoms with van der Waals surface area (Å²) in [6.45, 7) is 2.66. The van der Waals surface area contributed by atoms with Gasteiger partial charge in [-0.05, 0) is 122 Å². The van der Waals surface area contributed by atoms with E-state index in [1.165, 1.54) is 11.1 Å². The van der Waals surface area contributed by atoms with E-state index >= 15 is 0 Å². The Balaban J connectivity index is 0.965. The summed E-state index contributed by atoms with van der Waals surface area (Å²) >= 11 is 5.72. The van der Waals surface area contributed by atoms with Crippen LogP contribution in [0.5, 0.6) is 5.75 Å². The normalized spacial score (nSPS) is 24.3. The van der Waals surface area contributed by atoms with Crippen LogP contribution in [0.2, 0.25) is 0 Å². The van der Waals surface area contributed by atoms with Gasteiger partial charge in [0.15, 0.2) is 6.61 Å². The highest BCUT2D eigenvalue weighted by Gasteiger charge is 2.56. The second-order valence-corrected chi connectivity index (χ2v) is 13.8. The van der Waals surface area contributed by atoms with Crippen LogP contribution in [0.3, 0.4) is 0 Å². The van der Waals surface area contributed by atoms with Crippen molar-refractivity contribution in [1.29, 1.82) is 0 Å². The SMILES string of the molecule is C[C@]12CC[C@@H]3c4ccc(OC(=O)c5ccccc5)cc4CC[C@H]3[C@@H]1CC[C@@H]2OC(=O)COC(=O)CCCc1ccc(NCCCl)cc1.